The fraction of sp³-hybridized carbons (Fsp3) is 0.222. The lowest BCUT2D eigenvalue weighted by molar-refractivity contribution is 0.475. The molecule has 0 saturated carbocycles. The van der Waals surface area contributed by atoms with E-state index in [0.29, 0.717) is 5.75 Å². The first-order valence-electron chi connectivity index (χ1n) is 3.78. The van der Waals surface area contributed by atoms with Crippen LogP contribution in [-0.4, -0.2) is 16.4 Å². The molecule has 1 atom stereocenters. The molecular formula is C9H9NOS. The summed E-state index contributed by atoms with van der Waals surface area (Å²) >= 11 is 1.73. The van der Waals surface area contributed by atoms with Crippen molar-refractivity contribution in [3.05, 3.63) is 29.8 Å². The van der Waals surface area contributed by atoms with Crippen LogP contribution in [0, 0.1) is 0 Å². The second kappa shape index (κ2) is 3.19. The predicted octanol–water partition coefficient (Wildman–Crippen LogP) is 2.21. The lowest BCUT2D eigenvalue weighted by atomic mass is 10.1. The van der Waals surface area contributed by atoms with Crippen LogP contribution in [0.4, 0.5) is 0 Å². The van der Waals surface area contributed by atoms with Crippen molar-refractivity contribution in [1.82, 2.24) is 0 Å². The highest BCUT2D eigenvalue weighted by Gasteiger charge is 2.12. The number of hydrogen-bond donors (Lipinski definition) is 1. The summed E-state index contributed by atoms with van der Waals surface area (Å²) in [6, 6.07) is 7.53. The van der Waals surface area contributed by atoms with Crippen molar-refractivity contribution in [2.24, 2.45) is 4.99 Å². The average Bonchev–Trinajstić information content (AvgIpc) is 2.58. The molecule has 1 aromatic carbocycles. The molecular weight excluding hydrogens is 170 g/mol. The average molecular weight is 179 g/mol. The van der Waals surface area contributed by atoms with Gasteiger partial charge in [0.25, 0.3) is 0 Å². The SMILES string of the molecule is Oc1ccc(C2CSC=N2)cc1. The van der Waals surface area contributed by atoms with Gasteiger partial charge >= 0.3 is 0 Å². The molecule has 1 aliphatic rings. The molecule has 62 valence electrons. The molecule has 0 saturated heterocycles. The van der Waals surface area contributed by atoms with Gasteiger partial charge in [0.15, 0.2) is 0 Å². The van der Waals surface area contributed by atoms with Gasteiger partial charge in [0, 0.05) is 5.75 Å². The van der Waals surface area contributed by atoms with E-state index in [2.05, 4.69) is 4.99 Å². The van der Waals surface area contributed by atoms with E-state index in [1.807, 2.05) is 17.7 Å². The van der Waals surface area contributed by atoms with Crippen LogP contribution in [0.5, 0.6) is 5.75 Å². The van der Waals surface area contributed by atoms with Gasteiger partial charge in [-0.05, 0) is 17.7 Å². The van der Waals surface area contributed by atoms with Crippen LogP contribution in [0.25, 0.3) is 0 Å². The normalized spacial score (nSPS) is 21.5. The van der Waals surface area contributed by atoms with E-state index < -0.39 is 0 Å². The predicted molar refractivity (Wildman–Crippen MR) is 51.8 cm³/mol. The summed E-state index contributed by atoms with van der Waals surface area (Å²) in [5.74, 6) is 1.33. The van der Waals surface area contributed by atoms with E-state index >= 15 is 0 Å². The number of phenolic OH excluding ortho intramolecular Hbond substituents is 1. The summed E-state index contributed by atoms with van der Waals surface area (Å²) in [4.78, 5) is 4.29. The summed E-state index contributed by atoms with van der Waals surface area (Å²) < 4.78 is 0. The van der Waals surface area contributed by atoms with Crippen molar-refractivity contribution in [1.29, 1.82) is 0 Å². The Labute approximate surface area is 75.3 Å². The largest absolute Gasteiger partial charge is 0.508 e. The zero-order chi connectivity index (χ0) is 8.39. The summed E-state index contributed by atoms with van der Waals surface area (Å²) in [7, 11) is 0. The second-order valence-electron chi connectivity index (χ2n) is 2.70. The smallest absolute Gasteiger partial charge is 0.115 e. The molecule has 1 N–H and O–H groups in total. The maximum atomic E-state index is 9.06. The van der Waals surface area contributed by atoms with Crippen molar-refractivity contribution in [2.75, 3.05) is 5.75 Å². The molecule has 2 nitrogen and oxygen atoms in total. The number of nitrogens with zero attached hydrogens (tertiary/aromatic N) is 1. The zero-order valence-electron chi connectivity index (χ0n) is 6.47. The molecule has 1 unspecified atom stereocenters. The first-order valence-corrected chi connectivity index (χ1v) is 4.83. The molecule has 1 aromatic rings. The van der Waals surface area contributed by atoms with Crippen molar-refractivity contribution < 1.29 is 5.11 Å². The summed E-state index contributed by atoms with van der Waals surface area (Å²) in [5, 5.41) is 9.06. The molecule has 0 aliphatic carbocycles. The van der Waals surface area contributed by atoms with Crippen molar-refractivity contribution in [3.63, 3.8) is 0 Å². The first kappa shape index (κ1) is 7.68. The Bertz CT molecular complexity index is 294. The minimum Gasteiger partial charge on any atom is -0.508 e. The number of rotatable bonds is 1. The number of aromatic hydroxyl groups is 1. The van der Waals surface area contributed by atoms with Gasteiger partial charge in [-0.3, -0.25) is 4.99 Å². The lowest BCUT2D eigenvalue weighted by Gasteiger charge is -2.05. The van der Waals surface area contributed by atoms with Crippen LogP contribution in [0.2, 0.25) is 0 Å². The van der Waals surface area contributed by atoms with Gasteiger partial charge in [-0.1, -0.05) is 12.1 Å². The van der Waals surface area contributed by atoms with Crippen molar-refractivity contribution in [2.45, 2.75) is 6.04 Å². The van der Waals surface area contributed by atoms with Gasteiger partial charge in [0.05, 0.1) is 11.6 Å². The van der Waals surface area contributed by atoms with E-state index in [0.717, 1.165) is 5.75 Å². The van der Waals surface area contributed by atoms with Crippen LogP contribution in [0.15, 0.2) is 29.3 Å². The standard InChI is InChI=1S/C9H9NOS/c11-8-3-1-7(2-4-8)9-5-12-6-10-9/h1-4,6,9,11H,5H2. The monoisotopic (exact) mass is 179 g/mol. The Morgan fingerprint density at radius 2 is 2.08 bits per heavy atom. The van der Waals surface area contributed by atoms with Crippen LogP contribution < -0.4 is 0 Å². The van der Waals surface area contributed by atoms with Gasteiger partial charge in [-0.15, -0.1) is 11.8 Å². The first-order chi connectivity index (χ1) is 5.86. The highest BCUT2D eigenvalue weighted by atomic mass is 32.2. The van der Waals surface area contributed by atoms with Gasteiger partial charge in [0.1, 0.15) is 5.75 Å². The summed E-state index contributed by atoms with van der Waals surface area (Å²) in [5.41, 5.74) is 3.06. The number of hydrogen-bond acceptors (Lipinski definition) is 3. The molecule has 1 heterocycles. The Morgan fingerprint density at radius 3 is 2.67 bits per heavy atom. The van der Waals surface area contributed by atoms with E-state index in [4.69, 9.17) is 5.11 Å². The quantitative estimate of drug-likeness (QED) is 0.717. The zero-order valence-corrected chi connectivity index (χ0v) is 7.29. The van der Waals surface area contributed by atoms with Crippen molar-refractivity contribution >= 4 is 17.3 Å². The fourth-order valence-corrected chi connectivity index (χ4v) is 1.95. The topological polar surface area (TPSA) is 32.6 Å². The third-order valence-corrected chi connectivity index (χ3v) is 2.63. The molecule has 0 aromatic heterocycles. The number of phenols is 1. The van der Waals surface area contributed by atoms with Gasteiger partial charge < -0.3 is 5.11 Å². The third-order valence-electron chi connectivity index (χ3n) is 1.85. The molecule has 1 aliphatic heterocycles. The molecule has 3 heteroatoms. The maximum absolute atomic E-state index is 9.06. The van der Waals surface area contributed by atoms with Gasteiger partial charge in [0.2, 0.25) is 0 Å². The molecule has 0 amide bonds. The van der Waals surface area contributed by atoms with E-state index in [-0.39, 0.29) is 6.04 Å². The molecule has 12 heavy (non-hydrogen) atoms. The summed E-state index contributed by atoms with van der Waals surface area (Å²) in [6.07, 6.45) is 0. The third kappa shape index (κ3) is 1.46. The summed E-state index contributed by atoms with van der Waals surface area (Å²) in [6.45, 7) is 0. The highest BCUT2D eigenvalue weighted by molar-refractivity contribution is 8.12. The number of thioether (sulfide) groups is 1. The van der Waals surface area contributed by atoms with Crippen LogP contribution in [-0.2, 0) is 0 Å². The minimum absolute atomic E-state index is 0.288. The Kier molecular flexibility index (Phi) is 2.04. The van der Waals surface area contributed by atoms with E-state index in [9.17, 15) is 0 Å². The molecule has 0 spiro atoms. The number of aliphatic imine (C=N–C) groups is 1. The highest BCUT2D eigenvalue weighted by Crippen LogP contribution is 2.27. The Morgan fingerprint density at radius 1 is 1.33 bits per heavy atom. The molecule has 0 fully saturated rings. The lowest BCUT2D eigenvalue weighted by Crippen LogP contribution is -1.92. The maximum Gasteiger partial charge on any atom is 0.115 e. The van der Waals surface area contributed by atoms with Gasteiger partial charge in [-0.2, -0.15) is 0 Å². The Balaban J connectivity index is 2.23. The van der Waals surface area contributed by atoms with Gasteiger partial charge in [-0.25, -0.2) is 0 Å². The molecule has 2 rings (SSSR count). The minimum atomic E-state index is 0.288. The Hall–Kier alpha value is -0.960. The van der Waals surface area contributed by atoms with Crippen LogP contribution >= 0.6 is 11.8 Å². The van der Waals surface area contributed by atoms with Crippen molar-refractivity contribution in [3.8, 4) is 5.75 Å². The second-order valence-corrected chi connectivity index (χ2v) is 3.57. The van der Waals surface area contributed by atoms with Crippen LogP contribution in [0.1, 0.15) is 11.6 Å². The number of benzene rings is 1. The molecule has 0 bridgehead atoms. The van der Waals surface area contributed by atoms with E-state index in [1.54, 1.807) is 23.9 Å². The molecule has 0 radical (unpaired) electrons. The van der Waals surface area contributed by atoms with Crippen LogP contribution in [0.3, 0.4) is 0 Å². The fourth-order valence-electron chi connectivity index (χ4n) is 1.17. The van der Waals surface area contributed by atoms with E-state index in [1.165, 1.54) is 5.56 Å².